The molecule has 0 spiro atoms. The van der Waals surface area contributed by atoms with E-state index in [1.54, 1.807) is 0 Å². The Labute approximate surface area is 117 Å². The van der Waals surface area contributed by atoms with Gasteiger partial charge in [-0.05, 0) is 38.3 Å². The number of rotatable bonds is 4. The normalized spacial score (nSPS) is 23.8. The number of amides is 1. The van der Waals surface area contributed by atoms with Gasteiger partial charge in [-0.3, -0.25) is 14.6 Å². The maximum atomic E-state index is 11.8. The molecular formula is C15H29N3O. The topological polar surface area (TPSA) is 26.8 Å². The highest BCUT2D eigenvalue weighted by Gasteiger charge is 2.23. The van der Waals surface area contributed by atoms with E-state index in [4.69, 9.17) is 0 Å². The summed E-state index contributed by atoms with van der Waals surface area (Å²) in [5, 5.41) is 0. The van der Waals surface area contributed by atoms with E-state index in [0.717, 1.165) is 45.2 Å². The highest BCUT2D eigenvalue weighted by Crippen LogP contribution is 2.16. The monoisotopic (exact) mass is 267 g/mol. The molecule has 2 fully saturated rings. The SMILES string of the molecule is CCCC(=O)N1CCN(CN2CCC(C)CC2)CC1. The van der Waals surface area contributed by atoms with Gasteiger partial charge in [0.25, 0.3) is 0 Å². The molecule has 0 atom stereocenters. The number of carbonyl (C=O) groups excluding carboxylic acids is 1. The third-order valence-corrected chi connectivity index (χ3v) is 4.47. The van der Waals surface area contributed by atoms with E-state index in [-0.39, 0.29) is 0 Å². The molecule has 4 nitrogen and oxygen atoms in total. The van der Waals surface area contributed by atoms with Crippen LogP contribution in [0.3, 0.4) is 0 Å². The minimum atomic E-state index is 0.342. The summed E-state index contributed by atoms with van der Waals surface area (Å²) in [5.74, 6) is 1.24. The van der Waals surface area contributed by atoms with Gasteiger partial charge in [-0.25, -0.2) is 0 Å². The van der Waals surface area contributed by atoms with Crippen LogP contribution in [0.1, 0.15) is 39.5 Å². The molecule has 2 aliphatic rings. The quantitative estimate of drug-likeness (QED) is 0.774. The molecule has 0 saturated carbocycles. The first-order chi connectivity index (χ1) is 9.19. The number of nitrogens with zero attached hydrogens (tertiary/aromatic N) is 3. The van der Waals surface area contributed by atoms with E-state index in [2.05, 4.69) is 23.6 Å². The maximum absolute atomic E-state index is 11.8. The van der Waals surface area contributed by atoms with E-state index in [1.807, 2.05) is 4.90 Å². The van der Waals surface area contributed by atoms with Crippen molar-refractivity contribution in [2.24, 2.45) is 5.92 Å². The summed E-state index contributed by atoms with van der Waals surface area (Å²) in [5.41, 5.74) is 0. The smallest absolute Gasteiger partial charge is 0.222 e. The average Bonchev–Trinajstić information content (AvgIpc) is 2.42. The predicted molar refractivity (Wildman–Crippen MR) is 77.9 cm³/mol. The van der Waals surface area contributed by atoms with Crippen molar-refractivity contribution in [3.63, 3.8) is 0 Å². The van der Waals surface area contributed by atoms with Crippen molar-refractivity contribution >= 4 is 5.91 Å². The molecule has 0 bridgehead atoms. The Morgan fingerprint density at radius 3 is 2.16 bits per heavy atom. The van der Waals surface area contributed by atoms with Gasteiger partial charge < -0.3 is 4.90 Å². The van der Waals surface area contributed by atoms with Crippen LogP contribution in [0.15, 0.2) is 0 Å². The summed E-state index contributed by atoms with van der Waals surface area (Å²) in [6.07, 6.45) is 4.36. The lowest BCUT2D eigenvalue weighted by Gasteiger charge is -2.39. The van der Waals surface area contributed by atoms with Crippen molar-refractivity contribution in [1.82, 2.24) is 14.7 Å². The molecule has 110 valence electrons. The van der Waals surface area contributed by atoms with Gasteiger partial charge in [-0.1, -0.05) is 13.8 Å². The molecule has 2 heterocycles. The number of hydrogen-bond acceptors (Lipinski definition) is 3. The van der Waals surface area contributed by atoms with Crippen LogP contribution in [-0.2, 0) is 4.79 Å². The van der Waals surface area contributed by atoms with Gasteiger partial charge in [0.2, 0.25) is 5.91 Å². The maximum Gasteiger partial charge on any atom is 0.222 e. The molecule has 4 heteroatoms. The second-order valence-corrected chi connectivity index (χ2v) is 6.19. The molecule has 0 N–H and O–H groups in total. The molecular weight excluding hydrogens is 238 g/mol. The van der Waals surface area contributed by atoms with Gasteiger partial charge in [-0.15, -0.1) is 0 Å². The number of piperidine rings is 1. The third kappa shape index (κ3) is 4.46. The van der Waals surface area contributed by atoms with Crippen LogP contribution in [0.25, 0.3) is 0 Å². The Balaban J connectivity index is 1.67. The third-order valence-electron chi connectivity index (χ3n) is 4.47. The van der Waals surface area contributed by atoms with E-state index in [0.29, 0.717) is 12.3 Å². The van der Waals surface area contributed by atoms with Crippen LogP contribution < -0.4 is 0 Å². The molecule has 0 unspecified atom stereocenters. The van der Waals surface area contributed by atoms with Crippen molar-refractivity contribution in [3.05, 3.63) is 0 Å². The molecule has 0 aromatic heterocycles. The van der Waals surface area contributed by atoms with E-state index < -0.39 is 0 Å². The fourth-order valence-electron chi connectivity index (χ4n) is 3.00. The zero-order valence-electron chi connectivity index (χ0n) is 12.6. The lowest BCUT2D eigenvalue weighted by molar-refractivity contribution is -0.133. The number of hydrogen-bond donors (Lipinski definition) is 0. The van der Waals surface area contributed by atoms with Gasteiger partial charge >= 0.3 is 0 Å². The zero-order chi connectivity index (χ0) is 13.7. The Morgan fingerprint density at radius 1 is 1.00 bits per heavy atom. The second kappa shape index (κ2) is 7.25. The summed E-state index contributed by atoms with van der Waals surface area (Å²) in [6.45, 7) is 11.9. The van der Waals surface area contributed by atoms with Crippen LogP contribution >= 0.6 is 0 Å². The first kappa shape index (κ1) is 14.8. The van der Waals surface area contributed by atoms with Gasteiger partial charge in [0.15, 0.2) is 0 Å². The molecule has 0 radical (unpaired) electrons. The number of piperazine rings is 1. The predicted octanol–water partition coefficient (Wildman–Crippen LogP) is 1.62. The summed E-state index contributed by atoms with van der Waals surface area (Å²) in [7, 11) is 0. The molecule has 0 aromatic carbocycles. The average molecular weight is 267 g/mol. The number of likely N-dealkylation sites (tertiary alicyclic amines) is 1. The largest absolute Gasteiger partial charge is 0.340 e. The van der Waals surface area contributed by atoms with Crippen LogP contribution in [0.2, 0.25) is 0 Å². The highest BCUT2D eigenvalue weighted by molar-refractivity contribution is 5.76. The minimum absolute atomic E-state index is 0.342. The Hall–Kier alpha value is -0.610. The molecule has 2 saturated heterocycles. The Bertz CT molecular complexity index is 279. The lowest BCUT2D eigenvalue weighted by Crippen LogP contribution is -2.52. The van der Waals surface area contributed by atoms with E-state index in [9.17, 15) is 4.79 Å². The van der Waals surface area contributed by atoms with Gasteiger partial charge in [0.05, 0.1) is 6.67 Å². The van der Waals surface area contributed by atoms with Gasteiger partial charge in [0.1, 0.15) is 0 Å². The van der Waals surface area contributed by atoms with Crippen LogP contribution in [0.4, 0.5) is 0 Å². The summed E-state index contributed by atoms with van der Waals surface area (Å²) in [6, 6.07) is 0. The fraction of sp³-hybridized carbons (Fsp3) is 0.933. The second-order valence-electron chi connectivity index (χ2n) is 6.19. The molecule has 2 aliphatic heterocycles. The van der Waals surface area contributed by atoms with E-state index >= 15 is 0 Å². The van der Waals surface area contributed by atoms with Crippen molar-refractivity contribution in [1.29, 1.82) is 0 Å². The lowest BCUT2D eigenvalue weighted by atomic mass is 10.00. The zero-order valence-corrected chi connectivity index (χ0v) is 12.6. The van der Waals surface area contributed by atoms with Gasteiger partial charge in [-0.2, -0.15) is 0 Å². The Morgan fingerprint density at radius 2 is 1.58 bits per heavy atom. The van der Waals surface area contributed by atoms with Crippen molar-refractivity contribution in [2.45, 2.75) is 39.5 Å². The first-order valence-electron chi connectivity index (χ1n) is 7.91. The fourth-order valence-corrected chi connectivity index (χ4v) is 3.00. The molecule has 0 aromatic rings. The standard InChI is InChI=1S/C15H29N3O/c1-3-4-15(19)18-11-9-17(10-12-18)13-16-7-5-14(2)6-8-16/h14H,3-13H2,1-2H3. The highest BCUT2D eigenvalue weighted by atomic mass is 16.2. The van der Waals surface area contributed by atoms with Gasteiger partial charge in [0, 0.05) is 32.6 Å². The van der Waals surface area contributed by atoms with Crippen molar-refractivity contribution < 1.29 is 4.79 Å². The Kier molecular flexibility index (Phi) is 5.64. The van der Waals surface area contributed by atoms with Crippen LogP contribution in [0.5, 0.6) is 0 Å². The van der Waals surface area contributed by atoms with Crippen molar-refractivity contribution in [2.75, 3.05) is 45.9 Å². The summed E-state index contributed by atoms with van der Waals surface area (Å²) >= 11 is 0. The van der Waals surface area contributed by atoms with Crippen LogP contribution in [0, 0.1) is 5.92 Å². The summed E-state index contributed by atoms with van der Waals surface area (Å²) < 4.78 is 0. The summed E-state index contributed by atoms with van der Waals surface area (Å²) in [4.78, 5) is 18.9. The number of carbonyl (C=O) groups is 1. The van der Waals surface area contributed by atoms with E-state index in [1.165, 1.54) is 25.9 Å². The molecule has 1 amide bonds. The molecule has 19 heavy (non-hydrogen) atoms. The molecule has 2 rings (SSSR count). The first-order valence-corrected chi connectivity index (χ1v) is 7.91. The minimum Gasteiger partial charge on any atom is -0.340 e. The van der Waals surface area contributed by atoms with Crippen molar-refractivity contribution in [3.8, 4) is 0 Å². The molecule has 0 aliphatic carbocycles. The van der Waals surface area contributed by atoms with Crippen LogP contribution in [-0.4, -0.2) is 66.5 Å².